The summed E-state index contributed by atoms with van der Waals surface area (Å²) in [6, 6.07) is 26.8. The fourth-order valence-corrected chi connectivity index (χ4v) is 10.7. The lowest BCUT2D eigenvalue weighted by Gasteiger charge is -2.60. The lowest BCUT2D eigenvalue weighted by molar-refractivity contribution is -0.385. The van der Waals surface area contributed by atoms with Gasteiger partial charge in [0.05, 0.1) is 40.8 Å². The molecule has 3 aliphatic rings. The first-order chi connectivity index (χ1) is 36.9. The number of hydrogen-bond acceptors (Lipinski definition) is 14. The van der Waals surface area contributed by atoms with E-state index in [1.165, 1.54) is 61.7 Å². The van der Waals surface area contributed by atoms with E-state index in [0.717, 1.165) is 11.1 Å². The maximum absolute atomic E-state index is 15.3. The molecule has 396 valence electrons. The van der Waals surface area contributed by atoms with Crippen LogP contribution in [0.15, 0.2) is 145 Å². The smallest absolute Gasteiger partial charge is 0.269 e. The highest BCUT2D eigenvalue weighted by Gasteiger charge is 2.65. The Morgan fingerprint density at radius 3 is 2.20 bits per heavy atom. The van der Waals surface area contributed by atoms with Crippen molar-refractivity contribution in [2.24, 2.45) is 22.9 Å². The molecule has 76 heavy (non-hydrogen) atoms. The van der Waals surface area contributed by atoms with Gasteiger partial charge in [-0.1, -0.05) is 42.3 Å². The summed E-state index contributed by atoms with van der Waals surface area (Å²) < 4.78 is 40.9. The van der Waals surface area contributed by atoms with Crippen LogP contribution in [0.4, 0.5) is 15.8 Å². The molecule has 1 fully saturated rings. The number of nitro benzene ring substituents is 2. The number of nitro groups is 2. The zero-order valence-electron chi connectivity index (χ0n) is 41.9. The number of aliphatic hydroxyl groups is 2. The molecular weight excluding hydrogens is 980 g/mol. The van der Waals surface area contributed by atoms with Crippen molar-refractivity contribution in [2.45, 2.75) is 75.8 Å². The molecule has 0 spiro atoms. The molecule has 1 aliphatic heterocycles. The van der Waals surface area contributed by atoms with Gasteiger partial charge in [-0.05, 0) is 139 Å². The molecule has 0 radical (unpaired) electrons. The SMILES string of the molecule is C=CCOC12Oc3ccc(Oc4ccc(OC)c(C=O)c4)cc3C3C(CCCCO)C(CCCCO)C=C(C(=NOCc4ccc([N+](=O)[O-])cc4)CC1N(Cc1ccc(F)cc1)C(=O)C=Cc1ccc([N+](=O)[O-])cc1)C32. The van der Waals surface area contributed by atoms with Gasteiger partial charge in [0, 0.05) is 68.0 Å². The molecule has 1 amide bonds. The number of amides is 1. The normalized spacial score (nSPS) is 20.9. The van der Waals surface area contributed by atoms with Crippen molar-refractivity contribution in [3.05, 3.63) is 193 Å². The summed E-state index contributed by atoms with van der Waals surface area (Å²) in [6.07, 6.45) is 11.1. The first kappa shape index (κ1) is 54.2. The first-order valence-electron chi connectivity index (χ1n) is 25.1. The number of carbonyl (C=O) groups is 2. The molecule has 17 nitrogen and oxygen atoms in total. The Morgan fingerprint density at radius 1 is 0.882 bits per heavy atom. The number of benzene rings is 5. The van der Waals surface area contributed by atoms with Crippen LogP contribution in [-0.2, 0) is 27.5 Å². The monoisotopic (exact) mass is 1040 g/mol. The fraction of sp³-hybridized carbons (Fsp3) is 0.328. The second-order valence-corrected chi connectivity index (χ2v) is 18.9. The molecule has 8 rings (SSSR count). The van der Waals surface area contributed by atoms with Crippen molar-refractivity contribution in [2.75, 3.05) is 26.9 Å². The van der Waals surface area contributed by atoms with Crippen LogP contribution in [0.25, 0.3) is 6.08 Å². The summed E-state index contributed by atoms with van der Waals surface area (Å²) in [4.78, 5) is 57.1. The number of rotatable bonds is 25. The predicted octanol–water partition coefficient (Wildman–Crippen LogP) is 10.8. The third-order valence-corrected chi connectivity index (χ3v) is 14.2. The lowest BCUT2D eigenvalue weighted by Crippen LogP contribution is -2.70. The standard InChI is InChI=1S/C58H59FN4O13/c1-3-30-73-58-54(61(35-39-10-17-43(59)18-11-39)55(67)27-16-38-12-19-44(20-13-38)62(68)69)34-51(60-74-37-40-14-21-45(22-15-40)63(70)71)49-32-41(8-4-6-28-64)48(9-5-7-29-65)56(57(49)58)50-33-47(24-26-53(50)76-58)75-46-23-25-52(72-2)42(31-46)36-66/h3,10-27,31-33,36,41,48,54,56-57,64-65H,1,4-9,28-30,34-35,37H2,2H3. The highest BCUT2D eigenvalue weighted by molar-refractivity contribution is 6.03. The first-order valence-corrected chi connectivity index (χ1v) is 25.1. The van der Waals surface area contributed by atoms with Gasteiger partial charge in [-0.25, -0.2) is 4.39 Å². The van der Waals surface area contributed by atoms with Gasteiger partial charge in [-0.15, -0.1) is 6.58 Å². The van der Waals surface area contributed by atoms with Gasteiger partial charge in [0.1, 0.15) is 41.5 Å². The Kier molecular flexibility index (Phi) is 17.8. The number of nitrogens with zero attached hydrogens (tertiary/aromatic N) is 4. The zero-order valence-corrected chi connectivity index (χ0v) is 41.9. The Hall–Kier alpha value is -8.06. The van der Waals surface area contributed by atoms with E-state index in [1.54, 1.807) is 71.6 Å². The van der Waals surface area contributed by atoms with E-state index in [1.807, 2.05) is 6.07 Å². The summed E-state index contributed by atoms with van der Waals surface area (Å²) in [5.74, 6) is -2.53. The highest BCUT2D eigenvalue weighted by Crippen LogP contribution is 2.62. The van der Waals surface area contributed by atoms with E-state index in [2.05, 4.69) is 12.7 Å². The summed E-state index contributed by atoms with van der Waals surface area (Å²) in [7, 11) is 1.47. The molecule has 2 N–H and O–H groups in total. The minimum absolute atomic E-state index is 0.000982. The Bertz CT molecular complexity index is 2980. The molecule has 18 heteroatoms. The number of allylic oxidation sites excluding steroid dienone is 1. The number of carbonyl (C=O) groups excluding carboxylic acids is 2. The van der Waals surface area contributed by atoms with Gasteiger partial charge in [-0.3, -0.25) is 29.8 Å². The van der Waals surface area contributed by atoms with Crippen molar-refractivity contribution in [1.82, 2.24) is 4.90 Å². The molecule has 1 saturated carbocycles. The molecule has 6 atom stereocenters. The molecule has 0 bridgehead atoms. The molecule has 6 unspecified atom stereocenters. The van der Waals surface area contributed by atoms with Gasteiger partial charge >= 0.3 is 0 Å². The number of hydrogen-bond donors (Lipinski definition) is 2. The van der Waals surface area contributed by atoms with Crippen molar-refractivity contribution in [3.8, 4) is 23.0 Å². The number of fused-ring (bicyclic) bond motifs is 2. The third kappa shape index (κ3) is 12.2. The summed E-state index contributed by atoms with van der Waals surface area (Å²) in [6.45, 7) is 3.82. The van der Waals surface area contributed by atoms with E-state index < -0.39 is 45.2 Å². The molecule has 2 aliphatic carbocycles. The van der Waals surface area contributed by atoms with Gasteiger partial charge in [0.2, 0.25) is 11.7 Å². The molecule has 5 aromatic rings. The second-order valence-electron chi connectivity index (χ2n) is 18.9. The van der Waals surface area contributed by atoms with E-state index in [9.17, 15) is 39.6 Å². The average molecular weight is 1040 g/mol. The number of ether oxygens (including phenoxy) is 4. The van der Waals surface area contributed by atoms with Crippen molar-refractivity contribution in [1.29, 1.82) is 0 Å². The van der Waals surface area contributed by atoms with Crippen molar-refractivity contribution in [3.63, 3.8) is 0 Å². The van der Waals surface area contributed by atoms with Crippen LogP contribution in [0.5, 0.6) is 23.0 Å². The van der Waals surface area contributed by atoms with Gasteiger partial charge in [0.15, 0.2) is 6.29 Å². The van der Waals surface area contributed by atoms with Crippen LogP contribution in [0.3, 0.4) is 0 Å². The number of methoxy groups -OCH3 is 1. The van der Waals surface area contributed by atoms with Crippen molar-refractivity contribution < 1.29 is 57.8 Å². The lowest BCUT2D eigenvalue weighted by atomic mass is 9.55. The summed E-state index contributed by atoms with van der Waals surface area (Å²) >= 11 is 0. The highest BCUT2D eigenvalue weighted by atomic mass is 19.1. The number of halogens is 1. The number of aliphatic hydroxyl groups excluding tert-OH is 2. The number of aldehydes is 1. The van der Waals surface area contributed by atoms with Crippen LogP contribution >= 0.6 is 0 Å². The third-order valence-electron chi connectivity index (χ3n) is 14.2. The Labute approximate surface area is 438 Å². The van der Waals surface area contributed by atoms with E-state index in [-0.39, 0.29) is 62.6 Å². The van der Waals surface area contributed by atoms with Crippen LogP contribution < -0.4 is 14.2 Å². The molecule has 0 saturated heterocycles. The van der Waals surface area contributed by atoms with Gasteiger partial charge in [-0.2, -0.15) is 0 Å². The van der Waals surface area contributed by atoms with E-state index >= 15 is 4.79 Å². The largest absolute Gasteiger partial charge is 0.496 e. The predicted molar refractivity (Wildman–Crippen MR) is 280 cm³/mol. The van der Waals surface area contributed by atoms with E-state index in [4.69, 9.17) is 28.9 Å². The van der Waals surface area contributed by atoms with Crippen molar-refractivity contribution >= 4 is 35.4 Å². The van der Waals surface area contributed by atoms with Gasteiger partial charge in [0.25, 0.3) is 11.4 Å². The maximum Gasteiger partial charge on any atom is 0.269 e. The minimum atomic E-state index is -1.70. The topological polar surface area (TPSA) is 223 Å². The second kappa shape index (κ2) is 25.0. The molecule has 1 heterocycles. The number of unbranched alkanes of at least 4 members (excludes halogenated alkanes) is 2. The van der Waals surface area contributed by atoms with Crippen LogP contribution in [0.2, 0.25) is 0 Å². The average Bonchev–Trinajstić information content (AvgIpc) is 3.55. The summed E-state index contributed by atoms with van der Waals surface area (Å²) in [5.41, 5.74) is 3.74. The molecule has 5 aromatic carbocycles. The number of non-ortho nitro benzene ring substituents is 2. The van der Waals surface area contributed by atoms with Crippen LogP contribution in [0.1, 0.15) is 83.5 Å². The quantitative estimate of drug-likeness (QED) is 0.0139. The van der Waals surface area contributed by atoms with Crippen LogP contribution in [0, 0.1) is 43.8 Å². The van der Waals surface area contributed by atoms with Gasteiger partial charge < -0.3 is 38.9 Å². The zero-order chi connectivity index (χ0) is 53.8. The Balaban J connectivity index is 1.34. The fourth-order valence-electron chi connectivity index (χ4n) is 10.7. The summed E-state index contributed by atoms with van der Waals surface area (Å²) in [5, 5.41) is 48.0. The molecule has 0 aromatic heterocycles. The Morgan fingerprint density at radius 2 is 1.54 bits per heavy atom. The minimum Gasteiger partial charge on any atom is -0.496 e. The van der Waals surface area contributed by atoms with Crippen LogP contribution in [-0.4, -0.2) is 81.6 Å². The molecular formula is C58H59FN4O13. The number of oxime groups is 1. The van der Waals surface area contributed by atoms with E-state index in [0.29, 0.717) is 95.8 Å². The maximum atomic E-state index is 15.3.